The number of amides is 1. The van der Waals surface area contributed by atoms with Gasteiger partial charge in [-0.2, -0.15) is 0 Å². The molecule has 5 nitrogen and oxygen atoms in total. The molecule has 1 rings (SSSR count). The van der Waals surface area contributed by atoms with Crippen LogP contribution < -0.4 is 11.1 Å². The van der Waals surface area contributed by atoms with E-state index in [-0.39, 0.29) is 5.82 Å². The molecule has 0 bridgehead atoms. The Hall–Kier alpha value is -2.37. The molecule has 114 valence electrons. The van der Waals surface area contributed by atoms with E-state index in [0.717, 1.165) is 12.8 Å². The van der Waals surface area contributed by atoms with E-state index >= 15 is 0 Å². The van der Waals surface area contributed by atoms with Gasteiger partial charge in [0.15, 0.2) is 0 Å². The summed E-state index contributed by atoms with van der Waals surface area (Å²) in [5, 5.41) is 2.95. The van der Waals surface area contributed by atoms with Gasteiger partial charge < -0.3 is 15.8 Å². The molecule has 1 aromatic rings. The maximum absolute atomic E-state index is 12.9. The zero-order valence-electron chi connectivity index (χ0n) is 11.8. The van der Waals surface area contributed by atoms with E-state index in [1.807, 2.05) is 6.92 Å². The fraction of sp³-hybridized carbons (Fsp3) is 0.333. The van der Waals surface area contributed by atoms with Crippen molar-refractivity contribution in [3.8, 4) is 0 Å². The van der Waals surface area contributed by atoms with Gasteiger partial charge in [0.2, 0.25) is 0 Å². The Bertz CT molecular complexity index is 500. The van der Waals surface area contributed by atoms with Crippen molar-refractivity contribution in [1.82, 2.24) is 0 Å². The van der Waals surface area contributed by atoms with Crippen LogP contribution in [0.15, 0.2) is 36.0 Å². The first-order valence-electron chi connectivity index (χ1n) is 6.70. The van der Waals surface area contributed by atoms with Crippen molar-refractivity contribution in [2.24, 2.45) is 5.73 Å². The molecule has 0 radical (unpaired) electrons. The normalized spacial score (nSPS) is 12.6. The van der Waals surface area contributed by atoms with Crippen LogP contribution in [0.25, 0.3) is 0 Å². The third-order valence-electron chi connectivity index (χ3n) is 2.81. The van der Waals surface area contributed by atoms with Crippen molar-refractivity contribution in [3.63, 3.8) is 0 Å². The Kier molecular flexibility index (Phi) is 6.94. The largest absolute Gasteiger partial charge is 0.440 e. The predicted molar refractivity (Wildman–Crippen MR) is 78.2 cm³/mol. The number of anilines is 1. The van der Waals surface area contributed by atoms with Crippen molar-refractivity contribution >= 4 is 18.1 Å². The van der Waals surface area contributed by atoms with Gasteiger partial charge >= 0.3 is 6.09 Å². The number of rotatable bonds is 8. The minimum Gasteiger partial charge on any atom is -0.440 e. The van der Waals surface area contributed by atoms with Crippen molar-refractivity contribution < 1.29 is 18.7 Å². The fourth-order valence-electron chi connectivity index (χ4n) is 1.81. The maximum atomic E-state index is 12.9. The number of carbonyl (C=O) groups is 2. The highest BCUT2D eigenvalue weighted by atomic mass is 19.1. The molecule has 1 atom stereocenters. The summed E-state index contributed by atoms with van der Waals surface area (Å²) >= 11 is 0. The van der Waals surface area contributed by atoms with E-state index in [2.05, 4.69) is 5.32 Å². The Morgan fingerprint density at radius 3 is 2.62 bits per heavy atom. The number of primary amides is 1. The van der Waals surface area contributed by atoms with Crippen LogP contribution in [0.5, 0.6) is 0 Å². The Balaban J connectivity index is 2.89. The molecule has 1 amide bonds. The molecule has 0 heterocycles. The average molecular weight is 294 g/mol. The van der Waals surface area contributed by atoms with Crippen LogP contribution in [0.4, 0.5) is 14.9 Å². The summed E-state index contributed by atoms with van der Waals surface area (Å²) < 4.78 is 17.9. The Labute approximate surface area is 123 Å². The molecule has 6 heteroatoms. The molecular weight excluding hydrogens is 275 g/mol. The van der Waals surface area contributed by atoms with Gasteiger partial charge in [-0.15, -0.1) is 0 Å². The first-order chi connectivity index (χ1) is 10.1. The molecule has 21 heavy (non-hydrogen) atoms. The Morgan fingerprint density at radius 1 is 1.43 bits per heavy atom. The summed E-state index contributed by atoms with van der Waals surface area (Å²) in [6.45, 7) is 2.00. The number of hydrogen-bond acceptors (Lipinski definition) is 4. The monoisotopic (exact) mass is 294 g/mol. The summed E-state index contributed by atoms with van der Waals surface area (Å²) in [5.74, 6) is -0.364. The smallest absolute Gasteiger partial charge is 0.405 e. The number of ether oxygens (including phenoxy) is 1. The molecule has 0 aliphatic rings. The molecule has 3 N–H and O–H groups in total. The molecule has 1 aromatic carbocycles. The summed E-state index contributed by atoms with van der Waals surface area (Å²) in [7, 11) is 0. The summed E-state index contributed by atoms with van der Waals surface area (Å²) in [4.78, 5) is 21.8. The van der Waals surface area contributed by atoms with E-state index in [0.29, 0.717) is 24.1 Å². The molecule has 0 aliphatic heterocycles. The lowest BCUT2D eigenvalue weighted by Crippen LogP contribution is -2.27. The molecular formula is C15H19FN2O3. The van der Waals surface area contributed by atoms with Crippen molar-refractivity contribution in [2.45, 2.75) is 32.3 Å². The minimum absolute atomic E-state index is 0.364. The first-order valence-corrected chi connectivity index (χ1v) is 6.70. The number of aldehydes is 1. The van der Waals surface area contributed by atoms with Crippen LogP contribution in [-0.4, -0.2) is 18.5 Å². The van der Waals surface area contributed by atoms with Gasteiger partial charge in [-0.1, -0.05) is 13.3 Å². The minimum atomic E-state index is -0.909. The second-order valence-electron chi connectivity index (χ2n) is 4.46. The number of carbonyl (C=O) groups excluding carboxylic acids is 2. The molecule has 0 aliphatic carbocycles. The van der Waals surface area contributed by atoms with Gasteiger partial charge in [0.25, 0.3) is 0 Å². The quantitative estimate of drug-likeness (QED) is 0.570. The van der Waals surface area contributed by atoms with Crippen molar-refractivity contribution in [2.75, 3.05) is 5.32 Å². The second kappa shape index (κ2) is 8.73. The van der Waals surface area contributed by atoms with Crippen molar-refractivity contribution in [1.29, 1.82) is 0 Å². The highest BCUT2D eigenvalue weighted by molar-refractivity contribution is 5.70. The fourth-order valence-corrected chi connectivity index (χ4v) is 1.81. The second-order valence-corrected chi connectivity index (χ2v) is 4.46. The number of hydrogen-bond donors (Lipinski definition) is 2. The summed E-state index contributed by atoms with van der Waals surface area (Å²) in [6.07, 6.45) is 2.56. The zero-order chi connectivity index (χ0) is 15.7. The SMILES string of the molecule is CCCCC(OC(N)=O)C(=CC=O)Nc1ccc(F)cc1. The highest BCUT2D eigenvalue weighted by Crippen LogP contribution is 2.18. The lowest BCUT2D eigenvalue weighted by molar-refractivity contribution is -0.104. The molecule has 0 spiro atoms. The third kappa shape index (κ3) is 6.07. The third-order valence-corrected chi connectivity index (χ3v) is 2.81. The van der Waals surface area contributed by atoms with E-state index in [1.54, 1.807) is 0 Å². The van der Waals surface area contributed by atoms with Crippen LogP contribution in [-0.2, 0) is 9.53 Å². The predicted octanol–water partition coefficient (Wildman–Crippen LogP) is 2.97. The van der Waals surface area contributed by atoms with Crippen molar-refractivity contribution in [3.05, 3.63) is 41.9 Å². The molecule has 1 unspecified atom stereocenters. The van der Waals surface area contributed by atoms with Crippen LogP contribution in [0.1, 0.15) is 26.2 Å². The summed E-state index contributed by atoms with van der Waals surface area (Å²) in [6, 6.07) is 5.62. The number of benzene rings is 1. The average Bonchev–Trinajstić information content (AvgIpc) is 2.45. The van der Waals surface area contributed by atoms with Gasteiger partial charge in [-0.05, 0) is 37.1 Å². The molecule has 0 fully saturated rings. The molecule has 0 saturated carbocycles. The highest BCUT2D eigenvalue weighted by Gasteiger charge is 2.18. The Morgan fingerprint density at radius 2 is 2.10 bits per heavy atom. The van der Waals surface area contributed by atoms with E-state index < -0.39 is 12.2 Å². The van der Waals surface area contributed by atoms with Crippen LogP contribution in [0.2, 0.25) is 0 Å². The van der Waals surface area contributed by atoms with E-state index in [9.17, 15) is 14.0 Å². The molecule has 0 saturated heterocycles. The van der Waals surface area contributed by atoms with Gasteiger partial charge in [-0.25, -0.2) is 9.18 Å². The number of halogens is 1. The number of nitrogens with two attached hydrogens (primary N) is 1. The lowest BCUT2D eigenvalue weighted by atomic mass is 10.1. The first kappa shape index (κ1) is 16.7. The van der Waals surface area contributed by atoms with Crippen LogP contribution in [0.3, 0.4) is 0 Å². The number of nitrogens with one attached hydrogen (secondary N) is 1. The number of allylic oxidation sites excluding steroid dienone is 1. The maximum Gasteiger partial charge on any atom is 0.405 e. The zero-order valence-corrected chi connectivity index (χ0v) is 11.8. The van der Waals surface area contributed by atoms with Gasteiger partial charge in [0, 0.05) is 11.8 Å². The van der Waals surface area contributed by atoms with Crippen LogP contribution >= 0.6 is 0 Å². The molecule has 0 aromatic heterocycles. The van der Waals surface area contributed by atoms with Crippen LogP contribution in [0, 0.1) is 5.82 Å². The number of unbranched alkanes of at least 4 members (excludes halogenated alkanes) is 1. The summed E-state index contributed by atoms with van der Waals surface area (Å²) in [5.41, 5.74) is 6.05. The standard InChI is InChI=1S/C15H19FN2O3/c1-2-3-4-14(21-15(17)20)13(9-10-19)18-12-7-5-11(16)6-8-12/h5-10,14,18H,2-4H2,1H3,(H2,17,20). The van der Waals surface area contributed by atoms with E-state index in [4.69, 9.17) is 10.5 Å². The lowest BCUT2D eigenvalue weighted by Gasteiger charge is -2.21. The van der Waals surface area contributed by atoms with Gasteiger partial charge in [0.05, 0.1) is 5.70 Å². The van der Waals surface area contributed by atoms with Gasteiger partial charge in [-0.3, -0.25) is 4.79 Å². The van der Waals surface area contributed by atoms with E-state index in [1.165, 1.54) is 30.3 Å². The topological polar surface area (TPSA) is 81.4 Å². The van der Waals surface area contributed by atoms with Gasteiger partial charge in [0.1, 0.15) is 18.2 Å².